The van der Waals surface area contributed by atoms with Crippen molar-refractivity contribution in [2.45, 2.75) is 37.3 Å². The molecule has 0 spiro atoms. The summed E-state index contributed by atoms with van der Waals surface area (Å²) in [6.07, 6.45) is -2.45. The largest absolute Gasteiger partial charge is 0.389 e. The number of nitrogens with one attached hydrogen (secondary N) is 2. The van der Waals surface area contributed by atoms with Gasteiger partial charge >= 0.3 is 6.18 Å². The van der Waals surface area contributed by atoms with Gasteiger partial charge in [0.2, 0.25) is 10.0 Å². The topological polar surface area (TPSA) is 71.1 Å². The molecule has 1 aromatic rings. The molecule has 0 atom stereocenters. The molecule has 21 heavy (non-hydrogen) atoms. The van der Waals surface area contributed by atoms with Crippen LogP contribution in [0, 0.1) is 0 Å². The van der Waals surface area contributed by atoms with E-state index in [-0.39, 0.29) is 24.3 Å². The standard InChI is InChI=1S/C12H18F3N3O2S/c1-2-17-10-5-8-16-9-11(10)21(19,20)18-7-4-3-6-12(13,14)15/h5,8-9,18H,2-4,6-7H2,1H3,(H,16,17). The maximum absolute atomic E-state index is 12.1. The molecule has 0 saturated carbocycles. The number of nitrogens with zero attached hydrogens (tertiary/aromatic N) is 1. The lowest BCUT2D eigenvalue weighted by atomic mass is 10.2. The molecule has 0 radical (unpaired) electrons. The predicted molar refractivity (Wildman–Crippen MR) is 73.5 cm³/mol. The number of hydrogen-bond donors (Lipinski definition) is 2. The minimum atomic E-state index is -4.21. The Morgan fingerprint density at radius 2 is 2.00 bits per heavy atom. The Bertz CT molecular complexity index is 547. The van der Waals surface area contributed by atoms with Crippen LogP contribution < -0.4 is 10.0 Å². The Morgan fingerprint density at radius 1 is 1.29 bits per heavy atom. The lowest BCUT2D eigenvalue weighted by Crippen LogP contribution is -2.26. The average Bonchev–Trinajstić information content (AvgIpc) is 2.37. The Hall–Kier alpha value is -1.35. The molecule has 0 unspecified atom stereocenters. The van der Waals surface area contributed by atoms with E-state index in [1.165, 1.54) is 18.5 Å². The van der Waals surface area contributed by atoms with Gasteiger partial charge in [0, 0.05) is 31.9 Å². The van der Waals surface area contributed by atoms with Crippen LogP contribution in [0.15, 0.2) is 23.4 Å². The highest BCUT2D eigenvalue weighted by Gasteiger charge is 2.26. The molecule has 1 aromatic heterocycles. The molecule has 0 bridgehead atoms. The number of anilines is 1. The van der Waals surface area contributed by atoms with Gasteiger partial charge in [0.1, 0.15) is 4.90 Å². The molecule has 0 saturated heterocycles. The van der Waals surface area contributed by atoms with Crippen LogP contribution in [-0.4, -0.2) is 32.7 Å². The summed E-state index contributed by atoms with van der Waals surface area (Å²) in [5.74, 6) is 0. The molecule has 0 aromatic carbocycles. The molecule has 0 aliphatic rings. The highest BCUT2D eigenvalue weighted by Crippen LogP contribution is 2.22. The zero-order valence-corrected chi connectivity index (χ0v) is 12.4. The first kappa shape index (κ1) is 17.7. The number of halogens is 3. The summed E-state index contributed by atoms with van der Waals surface area (Å²) in [5, 5.41) is 2.90. The number of alkyl halides is 3. The number of aromatic nitrogens is 1. The summed E-state index contributed by atoms with van der Waals surface area (Å²) >= 11 is 0. The number of pyridine rings is 1. The minimum Gasteiger partial charge on any atom is -0.384 e. The van der Waals surface area contributed by atoms with Crippen LogP contribution in [0.1, 0.15) is 26.2 Å². The van der Waals surface area contributed by atoms with Crippen molar-refractivity contribution in [2.75, 3.05) is 18.4 Å². The van der Waals surface area contributed by atoms with E-state index in [0.717, 1.165) is 0 Å². The molecule has 1 rings (SSSR count). The monoisotopic (exact) mass is 325 g/mol. The lowest BCUT2D eigenvalue weighted by Gasteiger charge is -2.12. The summed E-state index contributed by atoms with van der Waals surface area (Å²) in [4.78, 5) is 3.75. The summed E-state index contributed by atoms with van der Waals surface area (Å²) in [6.45, 7) is 2.32. The second-order valence-electron chi connectivity index (χ2n) is 4.37. The molecule has 0 aliphatic heterocycles. The Morgan fingerprint density at radius 3 is 2.62 bits per heavy atom. The van der Waals surface area contributed by atoms with Gasteiger partial charge in [-0.15, -0.1) is 0 Å². The van der Waals surface area contributed by atoms with Crippen molar-refractivity contribution >= 4 is 15.7 Å². The molecular weight excluding hydrogens is 307 g/mol. The second-order valence-corrected chi connectivity index (χ2v) is 6.11. The van der Waals surface area contributed by atoms with E-state index in [4.69, 9.17) is 0 Å². The van der Waals surface area contributed by atoms with Crippen LogP contribution in [0.25, 0.3) is 0 Å². The van der Waals surface area contributed by atoms with Crippen molar-refractivity contribution in [3.8, 4) is 0 Å². The summed E-state index contributed by atoms with van der Waals surface area (Å²) < 4.78 is 62.3. The molecule has 2 N–H and O–H groups in total. The Labute approximate surface area is 122 Å². The molecule has 1 heterocycles. The van der Waals surface area contributed by atoms with E-state index in [9.17, 15) is 21.6 Å². The first-order valence-electron chi connectivity index (χ1n) is 6.50. The average molecular weight is 325 g/mol. The van der Waals surface area contributed by atoms with Gasteiger partial charge in [-0.05, 0) is 25.8 Å². The van der Waals surface area contributed by atoms with E-state index >= 15 is 0 Å². The summed E-state index contributed by atoms with van der Waals surface area (Å²) in [7, 11) is -3.79. The quantitative estimate of drug-likeness (QED) is 0.721. The normalized spacial score (nSPS) is 12.4. The van der Waals surface area contributed by atoms with Gasteiger partial charge in [-0.1, -0.05) is 0 Å². The van der Waals surface area contributed by atoms with Crippen molar-refractivity contribution < 1.29 is 21.6 Å². The van der Waals surface area contributed by atoms with E-state index in [0.29, 0.717) is 12.2 Å². The van der Waals surface area contributed by atoms with Gasteiger partial charge in [-0.3, -0.25) is 4.98 Å². The number of unbranched alkanes of at least 4 members (excludes halogenated alkanes) is 1. The summed E-state index contributed by atoms with van der Waals surface area (Å²) in [5.41, 5.74) is 0.412. The molecular formula is C12H18F3N3O2S. The highest BCUT2D eigenvalue weighted by molar-refractivity contribution is 7.89. The first-order chi connectivity index (χ1) is 9.76. The molecule has 9 heteroatoms. The van der Waals surface area contributed by atoms with Crippen molar-refractivity contribution in [3.63, 3.8) is 0 Å². The van der Waals surface area contributed by atoms with Crippen molar-refractivity contribution in [1.82, 2.24) is 9.71 Å². The Balaban J connectivity index is 2.58. The molecule has 5 nitrogen and oxygen atoms in total. The van der Waals surface area contributed by atoms with Gasteiger partial charge in [-0.2, -0.15) is 13.2 Å². The third kappa shape index (κ3) is 6.30. The van der Waals surface area contributed by atoms with E-state index in [1.807, 2.05) is 6.92 Å². The fourth-order valence-corrected chi connectivity index (χ4v) is 2.86. The molecule has 0 aliphatic carbocycles. The smallest absolute Gasteiger partial charge is 0.384 e. The molecule has 0 fully saturated rings. The van der Waals surface area contributed by atoms with E-state index < -0.39 is 22.6 Å². The molecule has 120 valence electrons. The minimum absolute atomic E-state index is 0.0114. The first-order valence-corrected chi connectivity index (χ1v) is 7.99. The van der Waals surface area contributed by atoms with Crippen molar-refractivity contribution in [1.29, 1.82) is 0 Å². The third-order valence-corrected chi connectivity index (χ3v) is 4.11. The SMILES string of the molecule is CCNc1ccncc1S(=O)(=O)NCCCCC(F)(F)F. The number of sulfonamides is 1. The van der Waals surface area contributed by atoms with Gasteiger partial charge in [0.15, 0.2) is 0 Å². The second kappa shape index (κ2) is 7.60. The lowest BCUT2D eigenvalue weighted by molar-refractivity contribution is -0.135. The van der Waals surface area contributed by atoms with E-state index in [2.05, 4.69) is 15.0 Å². The van der Waals surface area contributed by atoms with Gasteiger partial charge < -0.3 is 5.32 Å². The van der Waals surface area contributed by atoms with Crippen LogP contribution in [0.4, 0.5) is 18.9 Å². The van der Waals surface area contributed by atoms with Crippen molar-refractivity contribution in [2.24, 2.45) is 0 Å². The summed E-state index contributed by atoms with van der Waals surface area (Å²) in [6, 6.07) is 1.53. The number of rotatable bonds is 8. The fourth-order valence-electron chi connectivity index (χ4n) is 1.67. The van der Waals surface area contributed by atoms with Crippen LogP contribution in [0.2, 0.25) is 0 Å². The predicted octanol–water partition coefficient (Wildman–Crippen LogP) is 2.52. The fraction of sp³-hybridized carbons (Fsp3) is 0.583. The maximum Gasteiger partial charge on any atom is 0.389 e. The molecule has 0 amide bonds. The Kier molecular flexibility index (Phi) is 6.41. The highest BCUT2D eigenvalue weighted by atomic mass is 32.2. The zero-order chi connectivity index (χ0) is 15.9. The van der Waals surface area contributed by atoms with Crippen molar-refractivity contribution in [3.05, 3.63) is 18.5 Å². The zero-order valence-electron chi connectivity index (χ0n) is 11.6. The van der Waals surface area contributed by atoms with Gasteiger partial charge in [-0.25, -0.2) is 13.1 Å². The van der Waals surface area contributed by atoms with Gasteiger partial charge in [0.05, 0.1) is 5.69 Å². The third-order valence-electron chi connectivity index (χ3n) is 2.62. The number of hydrogen-bond acceptors (Lipinski definition) is 4. The maximum atomic E-state index is 12.1. The van der Waals surface area contributed by atoms with Crippen LogP contribution in [0.5, 0.6) is 0 Å². The van der Waals surface area contributed by atoms with Crippen LogP contribution >= 0.6 is 0 Å². The van der Waals surface area contributed by atoms with Crippen LogP contribution in [-0.2, 0) is 10.0 Å². The van der Waals surface area contributed by atoms with Crippen LogP contribution in [0.3, 0.4) is 0 Å². The van der Waals surface area contributed by atoms with E-state index in [1.54, 1.807) is 0 Å². The van der Waals surface area contributed by atoms with Gasteiger partial charge in [0.25, 0.3) is 0 Å².